The number of aromatic nitrogens is 7. The van der Waals surface area contributed by atoms with Crippen LogP contribution in [0.3, 0.4) is 0 Å². The Balaban J connectivity index is 1.45. The number of anilines is 2. The Morgan fingerprint density at radius 2 is 0.935 bits per heavy atom. The Bertz CT molecular complexity index is 1690. The van der Waals surface area contributed by atoms with Gasteiger partial charge in [-0.15, -0.1) is 10.2 Å². The molecular weight excluding hydrogens is 582 g/mol. The van der Waals surface area contributed by atoms with Crippen molar-refractivity contribution in [2.75, 3.05) is 9.80 Å². The first-order chi connectivity index (χ1) is 22.6. The van der Waals surface area contributed by atoms with Crippen molar-refractivity contribution < 1.29 is 10.2 Å². The molecule has 0 saturated heterocycles. The molecule has 0 bridgehead atoms. The molecule has 13 nitrogen and oxygen atoms in total. The zero-order chi connectivity index (χ0) is 31.6. The van der Waals surface area contributed by atoms with Gasteiger partial charge < -0.3 is 20.0 Å². The van der Waals surface area contributed by atoms with Gasteiger partial charge in [-0.1, -0.05) is 24.3 Å². The third kappa shape index (κ3) is 7.96. The van der Waals surface area contributed by atoms with Gasteiger partial charge in [-0.3, -0.25) is 19.9 Å². The van der Waals surface area contributed by atoms with E-state index in [0.29, 0.717) is 38.1 Å². The van der Waals surface area contributed by atoms with E-state index in [4.69, 9.17) is 4.98 Å². The van der Waals surface area contributed by atoms with Crippen molar-refractivity contribution in [3.63, 3.8) is 0 Å². The first-order valence-electron chi connectivity index (χ1n) is 14.4. The maximum absolute atomic E-state index is 10.3. The molecule has 0 radical (unpaired) electrons. The Kier molecular flexibility index (Phi) is 9.30. The largest absolute Gasteiger partial charge is 0.508 e. The van der Waals surface area contributed by atoms with Gasteiger partial charge >= 0.3 is 0 Å². The topological polar surface area (TPSA) is 162 Å². The van der Waals surface area contributed by atoms with E-state index in [1.807, 2.05) is 82.6 Å². The van der Waals surface area contributed by atoms with Crippen molar-refractivity contribution in [2.45, 2.75) is 26.2 Å². The van der Waals surface area contributed by atoms with Crippen molar-refractivity contribution in [3.05, 3.63) is 139 Å². The van der Waals surface area contributed by atoms with Gasteiger partial charge in [0.1, 0.15) is 17.2 Å². The number of hydrogen-bond donors (Lipinski definition) is 2. The van der Waals surface area contributed by atoms with E-state index in [2.05, 4.69) is 40.1 Å². The Labute approximate surface area is 264 Å². The number of benzene rings is 1. The highest BCUT2D eigenvalue weighted by Gasteiger charge is 2.21. The molecule has 1 aromatic carbocycles. The normalized spacial score (nSPS) is 11.0. The summed E-state index contributed by atoms with van der Waals surface area (Å²) in [5.41, 5.74) is 3.35. The lowest BCUT2D eigenvalue weighted by molar-refractivity contribution is 0.451. The fourth-order valence-corrected chi connectivity index (χ4v) is 4.51. The second-order valence-electron chi connectivity index (χ2n) is 10.1. The minimum Gasteiger partial charge on any atom is -0.508 e. The van der Waals surface area contributed by atoms with Crippen LogP contribution in [0.2, 0.25) is 0 Å². The number of pyridine rings is 4. The van der Waals surface area contributed by atoms with Crippen LogP contribution in [0.25, 0.3) is 0 Å². The van der Waals surface area contributed by atoms with Crippen molar-refractivity contribution in [1.82, 2.24) is 34.9 Å². The Morgan fingerprint density at radius 3 is 1.30 bits per heavy atom. The number of phenolic OH excluding ortho intramolecular Hbond substituents is 2. The lowest BCUT2D eigenvalue weighted by Gasteiger charge is -2.26. The van der Waals surface area contributed by atoms with Crippen LogP contribution in [0.1, 0.15) is 22.8 Å². The van der Waals surface area contributed by atoms with Crippen LogP contribution >= 0.6 is 0 Å². The van der Waals surface area contributed by atoms with Gasteiger partial charge in [-0.05, 0) is 60.7 Å². The van der Waals surface area contributed by atoms with Crippen LogP contribution in [0.4, 0.5) is 23.5 Å². The molecule has 0 aliphatic carbocycles. The quantitative estimate of drug-likeness (QED) is 0.163. The fourth-order valence-electron chi connectivity index (χ4n) is 4.51. The lowest BCUT2D eigenvalue weighted by atomic mass is 10.3. The molecule has 6 aromatic rings. The molecule has 0 aliphatic rings. The molecule has 46 heavy (non-hydrogen) atoms. The second kappa shape index (κ2) is 14.4. The predicted octanol–water partition coefficient (Wildman–Crippen LogP) is 5.69. The molecule has 6 rings (SSSR count). The fraction of sp³-hybridized carbons (Fsp3) is 0.121. The summed E-state index contributed by atoms with van der Waals surface area (Å²) in [6.45, 7) is 1.49. The average molecular weight is 612 g/mol. The van der Waals surface area contributed by atoms with Crippen LogP contribution in [-0.2, 0) is 26.2 Å². The molecular formula is C33H29N11O2. The molecule has 5 heterocycles. The van der Waals surface area contributed by atoms with Crippen LogP contribution in [0.5, 0.6) is 11.5 Å². The molecule has 13 heteroatoms. The number of phenols is 2. The number of nitrogens with zero attached hydrogens (tertiary/aromatic N) is 11. The average Bonchev–Trinajstić information content (AvgIpc) is 3.09. The Morgan fingerprint density at radius 1 is 0.500 bits per heavy atom. The standard InChI is InChI=1S/C33H29N11O2/c45-28-13-14-29(30(46)19-28)41-42-31-38-32(43(20-24-9-1-5-15-34-24)21-25-10-2-6-16-35-25)40-33(39-31)44(22-26-11-3-7-17-36-26)23-27-12-4-8-18-37-27/h1-19,45-46H,20-23H2. The van der Waals surface area contributed by atoms with Gasteiger partial charge in [0.25, 0.3) is 5.95 Å². The Hall–Kier alpha value is -6.37. The number of hydrogen-bond acceptors (Lipinski definition) is 13. The summed E-state index contributed by atoms with van der Waals surface area (Å²) in [4.78, 5) is 36.3. The number of rotatable bonds is 12. The van der Waals surface area contributed by atoms with E-state index in [-0.39, 0.29) is 23.1 Å². The van der Waals surface area contributed by atoms with E-state index in [9.17, 15) is 10.2 Å². The number of azo groups is 1. The van der Waals surface area contributed by atoms with Crippen molar-refractivity contribution in [1.29, 1.82) is 0 Å². The summed E-state index contributed by atoms with van der Waals surface area (Å²) in [6.07, 6.45) is 6.94. The van der Waals surface area contributed by atoms with E-state index in [1.54, 1.807) is 24.8 Å². The highest BCUT2D eigenvalue weighted by Crippen LogP contribution is 2.31. The van der Waals surface area contributed by atoms with E-state index < -0.39 is 0 Å². The van der Waals surface area contributed by atoms with Gasteiger partial charge in [0, 0.05) is 30.9 Å². The van der Waals surface area contributed by atoms with Crippen LogP contribution in [0.15, 0.2) is 126 Å². The van der Waals surface area contributed by atoms with Gasteiger partial charge in [0.2, 0.25) is 11.9 Å². The first-order valence-corrected chi connectivity index (χ1v) is 14.4. The first kappa shape index (κ1) is 29.7. The molecule has 0 unspecified atom stereocenters. The summed E-state index contributed by atoms with van der Waals surface area (Å²) >= 11 is 0. The molecule has 0 aliphatic heterocycles. The van der Waals surface area contributed by atoms with E-state index in [1.165, 1.54) is 18.2 Å². The zero-order valence-electron chi connectivity index (χ0n) is 24.6. The highest BCUT2D eigenvalue weighted by molar-refractivity contribution is 5.54. The monoisotopic (exact) mass is 611 g/mol. The third-order valence-electron chi connectivity index (χ3n) is 6.69. The maximum atomic E-state index is 10.3. The lowest BCUT2D eigenvalue weighted by Crippen LogP contribution is -2.29. The van der Waals surface area contributed by atoms with Crippen LogP contribution < -0.4 is 9.80 Å². The van der Waals surface area contributed by atoms with E-state index in [0.717, 1.165) is 22.8 Å². The maximum Gasteiger partial charge on any atom is 0.275 e. The molecule has 228 valence electrons. The summed E-state index contributed by atoms with van der Waals surface area (Å²) in [5, 5.41) is 28.5. The zero-order valence-corrected chi connectivity index (χ0v) is 24.6. The molecule has 0 amide bonds. The van der Waals surface area contributed by atoms with Crippen LogP contribution in [-0.4, -0.2) is 45.1 Å². The summed E-state index contributed by atoms with van der Waals surface area (Å²) in [7, 11) is 0. The van der Waals surface area contributed by atoms with E-state index >= 15 is 0 Å². The smallest absolute Gasteiger partial charge is 0.275 e. The molecule has 0 spiro atoms. The summed E-state index contributed by atoms with van der Waals surface area (Å²) in [5.74, 6) is 0.304. The number of aromatic hydroxyl groups is 2. The molecule has 0 fully saturated rings. The predicted molar refractivity (Wildman–Crippen MR) is 170 cm³/mol. The summed E-state index contributed by atoms with van der Waals surface area (Å²) < 4.78 is 0. The van der Waals surface area contributed by atoms with Gasteiger partial charge in [-0.25, -0.2) is 0 Å². The van der Waals surface area contributed by atoms with Gasteiger partial charge in [-0.2, -0.15) is 15.0 Å². The highest BCUT2D eigenvalue weighted by atomic mass is 16.3. The van der Waals surface area contributed by atoms with Crippen molar-refractivity contribution in [2.24, 2.45) is 10.2 Å². The second-order valence-corrected chi connectivity index (χ2v) is 10.1. The van der Waals surface area contributed by atoms with Gasteiger partial charge in [0.15, 0.2) is 0 Å². The van der Waals surface area contributed by atoms with Crippen LogP contribution in [0, 0.1) is 0 Å². The molecule has 0 saturated carbocycles. The minimum atomic E-state index is -0.239. The van der Waals surface area contributed by atoms with Crippen molar-refractivity contribution >= 4 is 23.5 Å². The third-order valence-corrected chi connectivity index (χ3v) is 6.69. The SMILES string of the molecule is Oc1ccc(N=Nc2nc(N(Cc3ccccn3)Cc3ccccn3)nc(N(Cc3ccccn3)Cc3ccccn3)n2)c(O)c1. The molecule has 5 aromatic heterocycles. The molecule has 0 atom stereocenters. The summed E-state index contributed by atoms with van der Waals surface area (Å²) in [6, 6.07) is 26.9. The van der Waals surface area contributed by atoms with Gasteiger partial charge in [0.05, 0.1) is 49.0 Å². The van der Waals surface area contributed by atoms with Crippen molar-refractivity contribution in [3.8, 4) is 11.5 Å². The molecule has 2 N–H and O–H groups in total. The minimum absolute atomic E-state index is 0.00607.